The fourth-order valence-corrected chi connectivity index (χ4v) is 14.2. The van der Waals surface area contributed by atoms with E-state index in [1.165, 1.54) is 24.4 Å². The van der Waals surface area contributed by atoms with Gasteiger partial charge in [0.15, 0.2) is 0 Å². The van der Waals surface area contributed by atoms with Crippen LogP contribution in [-0.2, 0) is 23.5 Å². The van der Waals surface area contributed by atoms with Crippen LogP contribution in [0, 0.1) is 11.3 Å². The van der Waals surface area contributed by atoms with E-state index in [0.717, 1.165) is 23.5 Å². The molecule has 0 radical (unpaired) electrons. The number of ether oxygens (including phenoxy) is 2. The van der Waals surface area contributed by atoms with Crippen LogP contribution in [0.4, 0.5) is 0 Å². The van der Waals surface area contributed by atoms with Gasteiger partial charge < -0.3 is 13.9 Å². The fourth-order valence-electron chi connectivity index (χ4n) is 6.79. The molecule has 42 heavy (non-hydrogen) atoms. The van der Waals surface area contributed by atoms with Gasteiger partial charge >= 0.3 is 11.9 Å². The van der Waals surface area contributed by atoms with Crippen LogP contribution in [0.1, 0.15) is 60.8 Å². The van der Waals surface area contributed by atoms with E-state index in [2.05, 4.69) is 101 Å². The first-order chi connectivity index (χ1) is 19.9. The Kier molecular flexibility index (Phi) is 10.4. The molecule has 0 aromatic heterocycles. The van der Waals surface area contributed by atoms with E-state index in [1.807, 2.05) is 23.5 Å². The third kappa shape index (κ3) is 6.42. The Morgan fingerprint density at radius 1 is 0.976 bits per heavy atom. The van der Waals surface area contributed by atoms with E-state index < -0.39 is 31.3 Å². The van der Waals surface area contributed by atoms with Crippen LogP contribution in [0.25, 0.3) is 0 Å². The van der Waals surface area contributed by atoms with Crippen LogP contribution in [0.2, 0.25) is 5.04 Å². The van der Waals surface area contributed by atoms with Gasteiger partial charge in [-0.1, -0.05) is 101 Å². The largest absolute Gasteiger partial charge is 0.466 e. The monoisotopic (exact) mass is 626 g/mol. The summed E-state index contributed by atoms with van der Waals surface area (Å²) in [5.41, 5.74) is -0.988. The minimum Gasteiger partial charge on any atom is -0.466 e. The van der Waals surface area contributed by atoms with Crippen molar-refractivity contribution in [1.82, 2.24) is 0 Å². The number of benzene rings is 2. The minimum atomic E-state index is -2.76. The van der Waals surface area contributed by atoms with Gasteiger partial charge in [-0.2, -0.15) is 0 Å². The van der Waals surface area contributed by atoms with Gasteiger partial charge in [0.25, 0.3) is 8.32 Å². The highest BCUT2D eigenvalue weighted by molar-refractivity contribution is 8.20. The molecule has 0 spiro atoms. The number of hydrogen-bond acceptors (Lipinski definition) is 7. The lowest BCUT2D eigenvalue weighted by Gasteiger charge is -2.50. The maximum atomic E-state index is 13.5. The molecule has 5 nitrogen and oxygen atoms in total. The van der Waals surface area contributed by atoms with Crippen molar-refractivity contribution in [1.29, 1.82) is 0 Å². The minimum absolute atomic E-state index is 0.0510. The summed E-state index contributed by atoms with van der Waals surface area (Å²) in [4.78, 5) is 26.0. The highest BCUT2D eigenvalue weighted by Crippen LogP contribution is 2.52. The third-order valence-electron chi connectivity index (χ3n) is 8.95. The quantitative estimate of drug-likeness (QED) is 0.167. The topological polar surface area (TPSA) is 61.8 Å². The number of carbonyl (C=O) groups is 2. The molecule has 0 unspecified atom stereocenters. The normalized spacial score (nSPS) is 25.1. The van der Waals surface area contributed by atoms with Gasteiger partial charge in [0, 0.05) is 30.3 Å². The van der Waals surface area contributed by atoms with Crippen molar-refractivity contribution in [2.45, 2.75) is 76.0 Å². The third-order valence-corrected chi connectivity index (χ3v) is 17.1. The Bertz CT molecular complexity index is 1220. The summed E-state index contributed by atoms with van der Waals surface area (Å²) in [6.45, 7) is 12.8. The second-order valence-electron chi connectivity index (χ2n) is 12.8. The summed E-state index contributed by atoms with van der Waals surface area (Å²) in [5.74, 6) is 1.28. The van der Waals surface area contributed by atoms with Crippen LogP contribution in [0.5, 0.6) is 0 Å². The average Bonchev–Trinajstić information content (AvgIpc) is 3.48. The molecule has 1 aliphatic carbocycles. The van der Waals surface area contributed by atoms with E-state index >= 15 is 0 Å². The number of esters is 2. The smallest absolute Gasteiger partial charge is 0.351 e. The summed E-state index contributed by atoms with van der Waals surface area (Å²) >= 11 is 3.94. The van der Waals surface area contributed by atoms with Gasteiger partial charge in [-0.15, -0.1) is 23.5 Å². The van der Waals surface area contributed by atoms with E-state index in [4.69, 9.17) is 13.9 Å². The Morgan fingerprint density at radius 3 is 2.00 bits per heavy atom. The first-order valence-electron chi connectivity index (χ1n) is 14.9. The van der Waals surface area contributed by atoms with Crippen molar-refractivity contribution < 1.29 is 23.5 Å². The molecule has 1 aliphatic heterocycles. The molecule has 1 heterocycles. The number of rotatable bonds is 10. The SMILES string of the molecule is COC(=O)[C@@]1(OC(C)=O)C[C@H](C)C(CO[Si](c2ccccc2)(c2ccccc2)C(C)(C)C)=C[C@]1(C)CCC1SCCS1. The van der Waals surface area contributed by atoms with Gasteiger partial charge in [-0.05, 0) is 39.7 Å². The standard InChI is InChI=1S/C34H46O5S2Si/c1-25-22-34(31(36)37-7,39-26(2)35)33(6,19-18-30-40-20-21-41-30)23-27(25)24-38-42(32(3,4)5,28-14-10-8-11-15-28)29-16-12-9-13-17-29/h8-17,23,25,30H,18-22,24H2,1-7H3/t25-,33-,34-/m0/s1. The van der Waals surface area contributed by atoms with Gasteiger partial charge in [0.05, 0.1) is 18.3 Å². The Balaban J connectivity index is 1.79. The molecular formula is C34H46O5S2Si. The van der Waals surface area contributed by atoms with Crippen LogP contribution in [0.3, 0.4) is 0 Å². The molecule has 3 atom stereocenters. The van der Waals surface area contributed by atoms with E-state index in [1.54, 1.807) is 0 Å². The average molecular weight is 627 g/mol. The zero-order chi connectivity index (χ0) is 30.6. The lowest BCUT2D eigenvalue weighted by Crippen LogP contribution is -2.67. The maximum Gasteiger partial charge on any atom is 0.351 e. The van der Waals surface area contributed by atoms with Gasteiger partial charge in [0.2, 0.25) is 5.60 Å². The summed E-state index contributed by atoms with van der Waals surface area (Å²) in [7, 11) is -1.38. The zero-order valence-electron chi connectivity index (χ0n) is 26.1. The maximum absolute atomic E-state index is 13.5. The highest BCUT2D eigenvalue weighted by Gasteiger charge is 2.60. The fraction of sp³-hybridized carbons (Fsp3) is 0.529. The number of carbonyl (C=O) groups excluding carboxylic acids is 2. The predicted molar refractivity (Wildman–Crippen MR) is 178 cm³/mol. The number of methoxy groups -OCH3 is 1. The lowest BCUT2D eigenvalue weighted by atomic mass is 9.61. The second kappa shape index (κ2) is 13.3. The Labute approximate surface area is 261 Å². The summed E-state index contributed by atoms with van der Waals surface area (Å²) < 4.78 is 19.1. The van der Waals surface area contributed by atoms with Crippen molar-refractivity contribution >= 4 is 54.2 Å². The molecule has 2 aliphatic rings. The molecule has 228 valence electrons. The number of thioether (sulfide) groups is 2. The van der Waals surface area contributed by atoms with Crippen LogP contribution in [-0.4, -0.2) is 55.7 Å². The van der Waals surface area contributed by atoms with Crippen LogP contribution < -0.4 is 10.4 Å². The van der Waals surface area contributed by atoms with Crippen LogP contribution in [0.15, 0.2) is 72.3 Å². The molecule has 2 aromatic carbocycles. The van der Waals surface area contributed by atoms with Crippen LogP contribution >= 0.6 is 23.5 Å². The summed E-state index contributed by atoms with van der Waals surface area (Å²) in [6.07, 6.45) is 4.18. The Morgan fingerprint density at radius 2 is 1.52 bits per heavy atom. The van der Waals surface area contributed by atoms with Crippen molar-refractivity contribution in [3.05, 3.63) is 72.3 Å². The van der Waals surface area contributed by atoms with Crippen molar-refractivity contribution in [3.8, 4) is 0 Å². The summed E-state index contributed by atoms with van der Waals surface area (Å²) in [6, 6.07) is 21.3. The molecule has 1 fully saturated rings. The van der Waals surface area contributed by atoms with Gasteiger partial charge in [0.1, 0.15) is 0 Å². The van der Waals surface area contributed by atoms with Gasteiger partial charge in [-0.25, -0.2) is 4.79 Å². The first kappa shape index (κ1) is 32.9. The zero-order valence-corrected chi connectivity index (χ0v) is 28.7. The molecule has 8 heteroatoms. The van der Waals surface area contributed by atoms with E-state index in [0.29, 0.717) is 24.0 Å². The number of hydrogen-bond donors (Lipinski definition) is 0. The van der Waals surface area contributed by atoms with E-state index in [9.17, 15) is 9.59 Å². The predicted octanol–water partition coefficient (Wildman–Crippen LogP) is 6.60. The molecular weight excluding hydrogens is 581 g/mol. The Hall–Kier alpha value is -2.00. The molecule has 0 bridgehead atoms. The van der Waals surface area contributed by atoms with Gasteiger partial charge in [-0.3, -0.25) is 4.79 Å². The molecule has 2 aromatic rings. The first-order valence-corrected chi connectivity index (χ1v) is 18.9. The van der Waals surface area contributed by atoms with Crippen molar-refractivity contribution in [2.24, 2.45) is 11.3 Å². The van der Waals surface area contributed by atoms with Crippen molar-refractivity contribution in [2.75, 3.05) is 25.2 Å². The summed E-state index contributed by atoms with van der Waals surface area (Å²) in [5, 5.41) is 2.31. The lowest BCUT2D eigenvalue weighted by molar-refractivity contribution is -0.197. The highest BCUT2D eigenvalue weighted by atomic mass is 32.2. The second-order valence-corrected chi connectivity index (χ2v) is 20.0. The molecule has 0 saturated carbocycles. The molecule has 1 saturated heterocycles. The van der Waals surface area contributed by atoms with Crippen molar-refractivity contribution in [3.63, 3.8) is 0 Å². The molecule has 0 N–H and O–H groups in total. The van der Waals surface area contributed by atoms with E-state index in [-0.39, 0.29) is 11.0 Å². The molecule has 4 rings (SSSR count). The molecule has 0 amide bonds.